The van der Waals surface area contributed by atoms with Gasteiger partial charge in [-0.25, -0.2) is 32.2 Å². The predicted octanol–water partition coefficient (Wildman–Crippen LogP) is 5.10. The largest absolute Gasteiger partial charge is 0.449 e. The number of rotatable bonds is 14. The van der Waals surface area contributed by atoms with E-state index in [0.717, 1.165) is 64.2 Å². The summed E-state index contributed by atoms with van der Waals surface area (Å²) in [6, 6.07) is -2.37. The Morgan fingerprint density at radius 3 is 1.78 bits per heavy atom. The first-order chi connectivity index (χ1) is 21.4. The summed E-state index contributed by atoms with van der Waals surface area (Å²) in [6.45, 7) is 2.89. The summed E-state index contributed by atoms with van der Waals surface area (Å²) in [5, 5.41) is 5.18. The Hall–Kier alpha value is -2.51. The molecule has 3 aliphatic rings. The average molecular weight is 654 g/mol. The number of alkyl carbamates (subject to hydrolysis) is 1. The number of carbonyl (C=O) groups excluding carboxylic acids is 4. The number of Topliss-reactive ketones (excluding diaryl/α,β-unsaturated/α-hetero) is 1. The molecule has 0 aromatic rings. The van der Waals surface area contributed by atoms with E-state index in [1.807, 2.05) is 13.8 Å². The van der Waals surface area contributed by atoms with Crippen molar-refractivity contribution in [3.63, 3.8) is 0 Å². The van der Waals surface area contributed by atoms with Crippen molar-refractivity contribution < 1.29 is 50.7 Å². The van der Waals surface area contributed by atoms with Crippen LogP contribution in [0.2, 0.25) is 0 Å². The Morgan fingerprint density at radius 2 is 1.22 bits per heavy atom. The van der Waals surface area contributed by atoms with Crippen LogP contribution >= 0.6 is 0 Å². The monoisotopic (exact) mass is 653 g/mol. The molecule has 0 aliphatic heterocycles. The van der Waals surface area contributed by atoms with Crippen LogP contribution in [0.4, 0.5) is 26.7 Å². The second kappa shape index (κ2) is 18.0. The molecule has 0 bridgehead atoms. The number of alkyl halides is 5. The SMILES string of the molecule is CC(C)C[C@H](NC(=O)OCC1CCCCC1)C(=O)N[C@@H](CC1CCCCC1)C(=O)C(=O)NOCC1C(F)C(F)C(F)C(F)C1F. The fraction of sp³-hybridized carbons (Fsp3) is 0.871. The van der Waals surface area contributed by atoms with Crippen molar-refractivity contribution in [2.75, 3.05) is 13.2 Å². The summed E-state index contributed by atoms with van der Waals surface area (Å²) in [7, 11) is 0. The van der Waals surface area contributed by atoms with E-state index in [1.54, 1.807) is 5.48 Å². The quantitative estimate of drug-likeness (QED) is 0.136. The number of ether oxygens (including phenoxy) is 1. The van der Waals surface area contributed by atoms with Crippen LogP contribution < -0.4 is 16.1 Å². The highest BCUT2D eigenvalue weighted by Gasteiger charge is 2.53. The Morgan fingerprint density at radius 1 is 0.689 bits per heavy atom. The molecule has 3 rings (SSSR count). The molecule has 258 valence electrons. The van der Waals surface area contributed by atoms with Crippen molar-refractivity contribution in [2.45, 2.75) is 134 Å². The van der Waals surface area contributed by atoms with Gasteiger partial charge in [-0.3, -0.25) is 19.2 Å². The predicted molar refractivity (Wildman–Crippen MR) is 154 cm³/mol. The molecule has 3 N–H and O–H groups in total. The van der Waals surface area contributed by atoms with Crippen LogP contribution in [-0.4, -0.2) is 79.8 Å². The first-order valence-electron chi connectivity index (χ1n) is 16.3. The van der Waals surface area contributed by atoms with E-state index in [-0.39, 0.29) is 37.2 Å². The minimum absolute atomic E-state index is 0.0251. The van der Waals surface area contributed by atoms with Gasteiger partial charge in [-0.05, 0) is 43.4 Å². The lowest BCUT2D eigenvalue weighted by Crippen LogP contribution is -2.56. The molecule has 6 atom stereocenters. The minimum Gasteiger partial charge on any atom is -0.449 e. The molecule has 0 aromatic carbocycles. The van der Waals surface area contributed by atoms with Gasteiger partial charge in [0.1, 0.15) is 18.4 Å². The molecule has 0 aromatic heterocycles. The van der Waals surface area contributed by atoms with Gasteiger partial charge in [-0.1, -0.05) is 65.2 Å². The van der Waals surface area contributed by atoms with Crippen LogP contribution in [0, 0.1) is 23.7 Å². The van der Waals surface area contributed by atoms with Gasteiger partial charge in [0.05, 0.1) is 25.2 Å². The highest BCUT2D eigenvalue weighted by Crippen LogP contribution is 2.36. The van der Waals surface area contributed by atoms with E-state index in [4.69, 9.17) is 9.57 Å². The fourth-order valence-electron chi connectivity index (χ4n) is 6.46. The zero-order chi connectivity index (χ0) is 33.1. The van der Waals surface area contributed by atoms with E-state index in [1.165, 1.54) is 0 Å². The molecule has 0 radical (unpaired) electrons. The third kappa shape index (κ3) is 11.1. The number of halogens is 5. The maximum Gasteiger partial charge on any atom is 0.407 e. The van der Waals surface area contributed by atoms with Crippen LogP contribution in [-0.2, 0) is 24.0 Å². The molecule has 9 nitrogen and oxygen atoms in total. The average Bonchev–Trinajstić information content (AvgIpc) is 3.03. The summed E-state index contributed by atoms with van der Waals surface area (Å²) < 4.78 is 74.6. The molecule has 45 heavy (non-hydrogen) atoms. The van der Waals surface area contributed by atoms with Gasteiger partial charge >= 0.3 is 12.0 Å². The molecule has 3 amide bonds. The van der Waals surface area contributed by atoms with Crippen molar-refractivity contribution >= 4 is 23.7 Å². The highest BCUT2D eigenvalue weighted by atomic mass is 19.2. The summed E-state index contributed by atoms with van der Waals surface area (Å²) in [4.78, 5) is 56.7. The van der Waals surface area contributed by atoms with E-state index in [9.17, 15) is 41.1 Å². The molecule has 3 fully saturated rings. The maximum atomic E-state index is 14.2. The van der Waals surface area contributed by atoms with Crippen molar-refractivity contribution in [3.8, 4) is 0 Å². The van der Waals surface area contributed by atoms with Crippen LogP contribution in [0.3, 0.4) is 0 Å². The summed E-state index contributed by atoms with van der Waals surface area (Å²) in [6.07, 6.45) is -5.00. The molecule has 3 saturated carbocycles. The smallest absolute Gasteiger partial charge is 0.407 e. The summed E-state index contributed by atoms with van der Waals surface area (Å²) in [5.41, 5.74) is 1.74. The van der Waals surface area contributed by atoms with Gasteiger partial charge in [0.25, 0.3) is 0 Å². The zero-order valence-corrected chi connectivity index (χ0v) is 26.1. The molecule has 0 spiro atoms. The van der Waals surface area contributed by atoms with Crippen molar-refractivity contribution in [1.82, 2.24) is 16.1 Å². The Kier molecular flexibility index (Phi) is 14.8. The van der Waals surface area contributed by atoms with Crippen LogP contribution in [0.1, 0.15) is 90.9 Å². The van der Waals surface area contributed by atoms with E-state index < -0.39 is 79.2 Å². The second-order valence-electron chi connectivity index (χ2n) is 13.2. The Labute approximate surface area is 261 Å². The number of hydrogen-bond donors (Lipinski definition) is 3. The number of ketones is 1. The second-order valence-corrected chi connectivity index (χ2v) is 13.2. The standard InChI is InChI=1S/C31H48F5N3O6/c1-17(2)13-22(38-31(43)44-15-19-11-7-4-8-12-19)29(41)37-21(14-18-9-5-3-6-10-18)28(40)30(42)39-45-16-20-23(32)25(34)27(36)26(35)24(20)33/h17-27H,3-16H2,1-2H3,(H,37,41)(H,38,43)(H,39,42)/t20?,21-,22-,23?,24?,25?,26?,27?/m0/s1. The lowest BCUT2D eigenvalue weighted by molar-refractivity contribution is -0.153. The number of hydroxylamine groups is 1. The third-order valence-corrected chi connectivity index (χ3v) is 9.12. The van der Waals surface area contributed by atoms with Gasteiger partial charge < -0.3 is 15.4 Å². The van der Waals surface area contributed by atoms with Gasteiger partial charge in [-0.15, -0.1) is 0 Å². The number of amides is 3. The molecular weight excluding hydrogens is 605 g/mol. The Balaban J connectivity index is 1.62. The molecular formula is C31H48F5N3O6. The number of hydrogen-bond acceptors (Lipinski definition) is 6. The van der Waals surface area contributed by atoms with Crippen LogP contribution in [0.5, 0.6) is 0 Å². The molecule has 4 unspecified atom stereocenters. The zero-order valence-electron chi connectivity index (χ0n) is 26.1. The first kappa shape index (κ1) is 37.0. The summed E-state index contributed by atoms with van der Waals surface area (Å²) >= 11 is 0. The van der Waals surface area contributed by atoms with Gasteiger partial charge in [0.2, 0.25) is 11.7 Å². The minimum atomic E-state index is -2.97. The first-order valence-corrected chi connectivity index (χ1v) is 16.3. The lowest BCUT2D eigenvalue weighted by atomic mass is 9.82. The van der Waals surface area contributed by atoms with Crippen molar-refractivity contribution in [3.05, 3.63) is 0 Å². The van der Waals surface area contributed by atoms with Gasteiger partial charge in [-0.2, -0.15) is 0 Å². The van der Waals surface area contributed by atoms with Gasteiger partial charge in [0, 0.05) is 0 Å². The van der Waals surface area contributed by atoms with E-state index in [0.29, 0.717) is 0 Å². The molecule has 14 heteroatoms. The van der Waals surface area contributed by atoms with Gasteiger partial charge in [0.15, 0.2) is 18.5 Å². The van der Waals surface area contributed by atoms with E-state index in [2.05, 4.69) is 10.6 Å². The Bertz CT molecular complexity index is 965. The lowest BCUT2D eigenvalue weighted by Gasteiger charge is -2.35. The van der Waals surface area contributed by atoms with Crippen molar-refractivity contribution in [1.29, 1.82) is 0 Å². The molecule has 0 heterocycles. The molecule has 0 saturated heterocycles. The van der Waals surface area contributed by atoms with E-state index >= 15 is 0 Å². The fourth-order valence-corrected chi connectivity index (χ4v) is 6.46. The van der Waals surface area contributed by atoms with Crippen molar-refractivity contribution in [2.24, 2.45) is 23.7 Å². The molecule has 3 aliphatic carbocycles. The maximum absolute atomic E-state index is 14.2. The highest BCUT2D eigenvalue weighted by molar-refractivity contribution is 6.38. The third-order valence-electron chi connectivity index (χ3n) is 9.12. The normalized spacial score (nSPS) is 29.4. The number of nitrogens with one attached hydrogen (secondary N) is 3. The van der Waals surface area contributed by atoms with Crippen LogP contribution in [0.15, 0.2) is 0 Å². The summed E-state index contributed by atoms with van der Waals surface area (Å²) in [5.74, 6) is -4.94. The number of carbonyl (C=O) groups is 4. The topological polar surface area (TPSA) is 123 Å². The van der Waals surface area contributed by atoms with Crippen LogP contribution in [0.25, 0.3) is 0 Å².